The van der Waals surface area contributed by atoms with Crippen LogP contribution in [0.1, 0.15) is 39.4 Å². The molecule has 0 bridgehead atoms. The molecule has 0 unspecified atom stereocenters. The SMILES string of the molecule is Cc1c(C(=O)Nc2ccc(C(=O)NC3CC3)c(Cl)c2)nnn1-c1cccc([N+](=O)[O-])c1. The van der Waals surface area contributed by atoms with Crippen molar-refractivity contribution >= 4 is 34.8 Å². The number of hydrogen-bond donors (Lipinski definition) is 2. The summed E-state index contributed by atoms with van der Waals surface area (Å²) in [5.74, 6) is -0.776. The molecule has 1 aromatic heterocycles. The molecule has 0 radical (unpaired) electrons. The molecule has 31 heavy (non-hydrogen) atoms. The van der Waals surface area contributed by atoms with E-state index in [2.05, 4.69) is 20.9 Å². The maximum absolute atomic E-state index is 12.7. The Hall–Kier alpha value is -3.79. The molecule has 1 heterocycles. The van der Waals surface area contributed by atoms with Crippen LogP contribution in [-0.4, -0.2) is 37.8 Å². The first-order valence-electron chi connectivity index (χ1n) is 9.42. The Morgan fingerprint density at radius 2 is 1.97 bits per heavy atom. The van der Waals surface area contributed by atoms with Crippen LogP contribution in [0.4, 0.5) is 11.4 Å². The van der Waals surface area contributed by atoms with Crippen LogP contribution >= 0.6 is 11.6 Å². The highest BCUT2D eigenvalue weighted by Gasteiger charge is 2.25. The third-order valence-electron chi connectivity index (χ3n) is 4.78. The topological polar surface area (TPSA) is 132 Å². The first-order valence-corrected chi connectivity index (χ1v) is 9.80. The number of amides is 2. The lowest BCUT2D eigenvalue weighted by Gasteiger charge is -2.09. The fourth-order valence-electron chi connectivity index (χ4n) is 2.98. The summed E-state index contributed by atoms with van der Waals surface area (Å²) in [5.41, 5.74) is 1.50. The highest BCUT2D eigenvalue weighted by atomic mass is 35.5. The van der Waals surface area contributed by atoms with E-state index in [-0.39, 0.29) is 28.4 Å². The van der Waals surface area contributed by atoms with Gasteiger partial charge in [0.15, 0.2) is 5.69 Å². The van der Waals surface area contributed by atoms with Gasteiger partial charge in [0.1, 0.15) is 0 Å². The van der Waals surface area contributed by atoms with E-state index in [1.54, 1.807) is 25.1 Å². The van der Waals surface area contributed by atoms with E-state index in [0.29, 0.717) is 22.6 Å². The van der Waals surface area contributed by atoms with Gasteiger partial charge in [0, 0.05) is 23.9 Å². The number of hydrogen-bond acceptors (Lipinski definition) is 6. The Labute approximate surface area is 181 Å². The van der Waals surface area contributed by atoms with Crippen molar-refractivity contribution in [2.24, 2.45) is 0 Å². The number of nitro benzene ring substituents is 1. The Morgan fingerprint density at radius 1 is 1.19 bits per heavy atom. The van der Waals surface area contributed by atoms with Crippen molar-refractivity contribution in [3.8, 4) is 5.69 Å². The number of non-ortho nitro benzene ring substituents is 1. The van der Waals surface area contributed by atoms with Gasteiger partial charge >= 0.3 is 0 Å². The Bertz CT molecular complexity index is 1200. The highest BCUT2D eigenvalue weighted by molar-refractivity contribution is 6.34. The highest BCUT2D eigenvalue weighted by Crippen LogP contribution is 2.25. The van der Waals surface area contributed by atoms with Crippen molar-refractivity contribution in [1.82, 2.24) is 20.3 Å². The second-order valence-electron chi connectivity index (χ2n) is 7.11. The zero-order valence-corrected chi connectivity index (χ0v) is 17.1. The van der Waals surface area contributed by atoms with Crippen molar-refractivity contribution in [3.05, 3.63) is 74.6 Å². The zero-order chi connectivity index (χ0) is 22.1. The minimum absolute atomic E-state index is 0.0539. The molecule has 2 amide bonds. The average molecular weight is 441 g/mol. The molecule has 0 aliphatic heterocycles. The second-order valence-corrected chi connectivity index (χ2v) is 7.52. The lowest BCUT2D eigenvalue weighted by molar-refractivity contribution is -0.384. The van der Waals surface area contributed by atoms with Crippen molar-refractivity contribution in [2.45, 2.75) is 25.8 Å². The molecular weight excluding hydrogens is 424 g/mol. The van der Waals surface area contributed by atoms with E-state index in [1.807, 2.05) is 0 Å². The summed E-state index contributed by atoms with van der Waals surface area (Å²) in [5, 5.41) is 24.6. The van der Waals surface area contributed by atoms with Crippen molar-refractivity contribution < 1.29 is 14.5 Å². The molecule has 0 spiro atoms. The summed E-state index contributed by atoms with van der Waals surface area (Å²) in [6.07, 6.45) is 1.93. The van der Waals surface area contributed by atoms with Gasteiger partial charge in [0.05, 0.1) is 26.9 Å². The van der Waals surface area contributed by atoms with Gasteiger partial charge in [-0.1, -0.05) is 22.9 Å². The van der Waals surface area contributed by atoms with Crippen molar-refractivity contribution in [1.29, 1.82) is 0 Å². The third-order valence-corrected chi connectivity index (χ3v) is 5.09. The molecule has 2 N–H and O–H groups in total. The first kappa shape index (κ1) is 20.5. The molecular formula is C20H17ClN6O4. The summed E-state index contributed by atoms with van der Waals surface area (Å²) < 4.78 is 1.35. The van der Waals surface area contributed by atoms with Gasteiger partial charge in [0.2, 0.25) is 0 Å². The maximum atomic E-state index is 12.7. The smallest absolute Gasteiger partial charge is 0.278 e. The molecule has 0 atom stereocenters. The predicted octanol–water partition coefficient (Wildman–Crippen LogP) is 3.28. The van der Waals surface area contributed by atoms with Crippen LogP contribution in [0.2, 0.25) is 5.02 Å². The number of carbonyl (C=O) groups excluding carboxylic acids is 2. The molecule has 3 aromatic rings. The minimum Gasteiger partial charge on any atom is -0.349 e. The van der Waals surface area contributed by atoms with E-state index in [4.69, 9.17) is 11.6 Å². The number of nitrogens with one attached hydrogen (secondary N) is 2. The summed E-state index contributed by atoms with van der Waals surface area (Å²) >= 11 is 6.21. The number of rotatable bonds is 6. The lowest BCUT2D eigenvalue weighted by atomic mass is 10.2. The minimum atomic E-state index is -0.527. The molecule has 4 rings (SSSR count). The number of anilines is 1. The molecule has 11 heteroatoms. The fourth-order valence-corrected chi connectivity index (χ4v) is 3.25. The van der Waals surface area contributed by atoms with Crippen LogP contribution in [0, 0.1) is 17.0 Å². The van der Waals surface area contributed by atoms with Gasteiger partial charge in [-0.2, -0.15) is 0 Å². The zero-order valence-electron chi connectivity index (χ0n) is 16.3. The molecule has 1 fully saturated rings. The van der Waals surface area contributed by atoms with Crippen LogP contribution in [0.15, 0.2) is 42.5 Å². The van der Waals surface area contributed by atoms with E-state index in [0.717, 1.165) is 12.8 Å². The van der Waals surface area contributed by atoms with Gasteiger partial charge < -0.3 is 10.6 Å². The third kappa shape index (κ3) is 4.38. The van der Waals surface area contributed by atoms with E-state index in [1.165, 1.54) is 28.9 Å². The standard InChI is InChI=1S/C20H17ClN6O4/c1-11-18(24-25-26(11)14-3-2-4-15(10-14)27(30)31)20(29)23-13-7-8-16(17(21)9-13)19(28)22-12-5-6-12/h2-4,7-10,12H,5-6H2,1H3,(H,22,28)(H,23,29). The van der Waals surface area contributed by atoms with E-state index < -0.39 is 10.8 Å². The monoisotopic (exact) mass is 440 g/mol. The van der Waals surface area contributed by atoms with Crippen LogP contribution < -0.4 is 10.6 Å². The summed E-state index contributed by atoms with van der Waals surface area (Å²) in [4.78, 5) is 35.3. The van der Waals surface area contributed by atoms with Crippen molar-refractivity contribution in [3.63, 3.8) is 0 Å². The molecule has 158 valence electrons. The Balaban J connectivity index is 1.52. The summed E-state index contributed by atoms with van der Waals surface area (Å²) in [6.45, 7) is 1.63. The normalized spacial score (nSPS) is 13.0. The number of halogens is 1. The molecule has 0 saturated heterocycles. The fraction of sp³-hybridized carbons (Fsp3) is 0.200. The molecule has 1 aliphatic carbocycles. The van der Waals surface area contributed by atoms with Gasteiger partial charge in [-0.15, -0.1) is 5.10 Å². The van der Waals surface area contributed by atoms with Crippen LogP contribution in [-0.2, 0) is 0 Å². The number of nitrogens with zero attached hydrogens (tertiary/aromatic N) is 4. The van der Waals surface area contributed by atoms with Crippen LogP contribution in [0.25, 0.3) is 5.69 Å². The number of aromatic nitrogens is 3. The summed E-state index contributed by atoms with van der Waals surface area (Å²) in [7, 11) is 0. The predicted molar refractivity (Wildman–Crippen MR) is 113 cm³/mol. The van der Waals surface area contributed by atoms with Gasteiger partial charge in [-0.25, -0.2) is 4.68 Å². The van der Waals surface area contributed by atoms with E-state index in [9.17, 15) is 19.7 Å². The quantitative estimate of drug-likeness (QED) is 0.446. The van der Waals surface area contributed by atoms with Crippen molar-refractivity contribution in [2.75, 3.05) is 5.32 Å². The molecule has 10 nitrogen and oxygen atoms in total. The first-order chi connectivity index (χ1) is 14.8. The van der Waals surface area contributed by atoms with Gasteiger partial charge in [-0.3, -0.25) is 19.7 Å². The summed E-state index contributed by atoms with van der Waals surface area (Å²) in [6, 6.07) is 10.7. The largest absolute Gasteiger partial charge is 0.349 e. The van der Waals surface area contributed by atoms with Crippen LogP contribution in [0.5, 0.6) is 0 Å². The molecule has 2 aromatic carbocycles. The second kappa shape index (κ2) is 8.15. The van der Waals surface area contributed by atoms with Crippen LogP contribution in [0.3, 0.4) is 0 Å². The maximum Gasteiger partial charge on any atom is 0.278 e. The van der Waals surface area contributed by atoms with Gasteiger partial charge in [0.25, 0.3) is 17.5 Å². The Kier molecular flexibility index (Phi) is 5.38. The average Bonchev–Trinajstić information content (AvgIpc) is 3.46. The lowest BCUT2D eigenvalue weighted by Crippen LogP contribution is -2.25. The molecule has 1 aliphatic rings. The number of benzene rings is 2. The number of carbonyl (C=O) groups is 2. The Morgan fingerprint density at radius 3 is 2.65 bits per heavy atom. The van der Waals surface area contributed by atoms with E-state index >= 15 is 0 Å². The number of nitro groups is 1. The van der Waals surface area contributed by atoms with Gasteiger partial charge in [-0.05, 0) is 44.0 Å². The molecule has 1 saturated carbocycles.